The fourth-order valence-electron chi connectivity index (χ4n) is 5.52. The lowest BCUT2D eigenvalue weighted by atomic mass is 9.95. The van der Waals surface area contributed by atoms with Gasteiger partial charge in [0, 0.05) is 49.2 Å². The number of benzene rings is 1. The van der Waals surface area contributed by atoms with Crippen LogP contribution in [-0.4, -0.2) is 52.3 Å². The number of rotatable bonds is 7. The van der Waals surface area contributed by atoms with Gasteiger partial charge in [-0.3, -0.25) is 0 Å². The average molecular weight is 535 g/mol. The minimum Gasteiger partial charge on any atom is -0.495 e. The van der Waals surface area contributed by atoms with Crippen LogP contribution in [0.25, 0.3) is 11.0 Å². The van der Waals surface area contributed by atoms with Crippen LogP contribution in [0.15, 0.2) is 54.5 Å². The number of fused-ring (bicyclic) bond motifs is 1. The van der Waals surface area contributed by atoms with Crippen molar-refractivity contribution >= 4 is 40.9 Å². The molecule has 10 heteroatoms. The van der Waals surface area contributed by atoms with Crippen LogP contribution in [-0.2, 0) is 9.30 Å². The van der Waals surface area contributed by atoms with E-state index in [1.165, 1.54) is 19.3 Å². The molecule has 9 nitrogen and oxygen atoms in total. The average Bonchev–Trinajstić information content (AvgIpc) is 3.44. The molecule has 0 radical (unpaired) electrons. The topological polar surface area (TPSA) is 104 Å². The standard InChI is InChI=1S/C28H35N6O3P/c1-36-25-19-22(38(35)17-13-34(14-18-38)21-10-15-37-16-11-21)7-8-24(25)31-28-32-26-23(9-12-29-26)27(33-28)30-20-5-3-2-4-6-20/h7-9,12-14,17-21H,2-6,10-11,15-16H2,1H3,(H3,29,30,31,32,33). The molecule has 1 aliphatic carbocycles. The highest BCUT2D eigenvalue weighted by Crippen LogP contribution is 2.51. The number of methoxy groups -OCH3 is 1. The van der Waals surface area contributed by atoms with Crippen LogP contribution in [0.3, 0.4) is 0 Å². The Morgan fingerprint density at radius 2 is 1.84 bits per heavy atom. The first-order valence-electron chi connectivity index (χ1n) is 13.5. The molecule has 38 heavy (non-hydrogen) atoms. The number of hydrogen-bond acceptors (Lipinski definition) is 8. The van der Waals surface area contributed by atoms with Crippen molar-refractivity contribution in [2.24, 2.45) is 0 Å². The fourth-order valence-corrected chi connectivity index (χ4v) is 7.29. The Hall–Kier alpha value is -3.29. The summed E-state index contributed by atoms with van der Waals surface area (Å²) >= 11 is 0. The summed E-state index contributed by atoms with van der Waals surface area (Å²) < 4.78 is 25.0. The van der Waals surface area contributed by atoms with Crippen molar-refractivity contribution in [2.45, 2.75) is 57.0 Å². The highest BCUT2D eigenvalue weighted by Gasteiger charge is 2.26. The maximum absolute atomic E-state index is 13.8. The number of aromatic nitrogens is 3. The molecule has 4 heterocycles. The number of hydrogen-bond donors (Lipinski definition) is 3. The summed E-state index contributed by atoms with van der Waals surface area (Å²) in [6.45, 7) is 1.54. The van der Waals surface area contributed by atoms with E-state index >= 15 is 0 Å². The second kappa shape index (κ2) is 10.8. The monoisotopic (exact) mass is 534 g/mol. The van der Waals surface area contributed by atoms with Crippen molar-refractivity contribution in [1.82, 2.24) is 19.9 Å². The summed E-state index contributed by atoms with van der Waals surface area (Å²) in [5, 5.41) is 8.67. The molecule has 1 saturated carbocycles. The Kier molecular flexibility index (Phi) is 7.13. The van der Waals surface area contributed by atoms with E-state index in [-0.39, 0.29) is 0 Å². The number of nitrogens with one attached hydrogen (secondary N) is 3. The summed E-state index contributed by atoms with van der Waals surface area (Å²) in [6.07, 6.45) is 13.8. The van der Waals surface area contributed by atoms with E-state index in [1.807, 2.05) is 54.5 Å². The molecule has 0 unspecified atom stereocenters. The number of ether oxygens (including phenoxy) is 2. The Labute approximate surface area is 223 Å². The quantitative estimate of drug-likeness (QED) is 0.323. The van der Waals surface area contributed by atoms with Gasteiger partial charge >= 0.3 is 0 Å². The third kappa shape index (κ3) is 5.18. The summed E-state index contributed by atoms with van der Waals surface area (Å²) in [5.74, 6) is 5.55. The predicted octanol–water partition coefficient (Wildman–Crippen LogP) is 5.88. The van der Waals surface area contributed by atoms with Gasteiger partial charge in [0.15, 0.2) is 7.14 Å². The molecule has 2 aliphatic heterocycles. The minimum absolute atomic E-state index is 0.389. The molecule has 0 spiro atoms. The van der Waals surface area contributed by atoms with E-state index in [0.29, 0.717) is 29.5 Å². The van der Waals surface area contributed by atoms with Gasteiger partial charge in [-0.1, -0.05) is 19.3 Å². The van der Waals surface area contributed by atoms with Gasteiger partial charge in [0.05, 0.1) is 18.2 Å². The molecule has 1 aromatic carbocycles. The van der Waals surface area contributed by atoms with Crippen LogP contribution in [0.2, 0.25) is 0 Å². The third-order valence-electron chi connectivity index (χ3n) is 7.73. The van der Waals surface area contributed by atoms with Crippen molar-refractivity contribution in [1.29, 1.82) is 0 Å². The zero-order chi connectivity index (χ0) is 26.0. The lowest BCUT2D eigenvalue weighted by molar-refractivity contribution is 0.0602. The van der Waals surface area contributed by atoms with Crippen molar-refractivity contribution < 1.29 is 14.0 Å². The summed E-state index contributed by atoms with van der Waals surface area (Å²) in [7, 11) is -1.22. The molecule has 2 aromatic heterocycles. The molecular formula is C28H35N6O3P. The summed E-state index contributed by atoms with van der Waals surface area (Å²) in [6, 6.07) is 8.44. The van der Waals surface area contributed by atoms with Gasteiger partial charge in [-0.05, 0) is 61.6 Å². The first-order valence-corrected chi connectivity index (χ1v) is 15.4. The van der Waals surface area contributed by atoms with Gasteiger partial charge in [0.2, 0.25) is 5.95 Å². The molecule has 3 aliphatic rings. The van der Waals surface area contributed by atoms with Crippen LogP contribution in [0.5, 0.6) is 5.75 Å². The molecule has 6 rings (SSSR count). The van der Waals surface area contributed by atoms with E-state index in [9.17, 15) is 4.57 Å². The van der Waals surface area contributed by atoms with Crippen molar-refractivity contribution in [3.63, 3.8) is 0 Å². The van der Waals surface area contributed by atoms with E-state index in [2.05, 4.69) is 25.5 Å². The second-order valence-electron chi connectivity index (χ2n) is 10.2. The molecule has 3 N–H and O–H groups in total. The largest absolute Gasteiger partial charge is 0.495 e. The van der Waals surface area contributed by atoms with Crippen LogP contribution in [0.1, 0.15) is 44.9 Å². The van der Waals surface area contributed by atoms with Gasteiger partial charge in [-0.2, -0.15) is 9.97 Å². The highest BCUT2D eigenvalue weighted by molar-refractivity contribution is 7.77. The molecule has 0 bridgehead atoms. The van der Waals surface area contributed by atoms with Crippen molar-refractivity contribution in [3.8, 4) is 5.75 Å². The van der Waals surface area contributed by atoms with Gasteiger partial charge in [-0.15, -0.1) is 0 Å². The van der Waals surface area contributed by atoms with Crippen LogP contribution < -0.4 is 20.7 Å². The fraction of sp³-hybridized carbons (Fsp3) is 0.429. The number of H-pyrrole nitrogens is 1. The van der Waals surface area contributed by atoms with Crippen LogP contribution in [0.4, 0.5) is 17.5 Å². The van der Waals surface area contributed by atoms with Crippen molar-refractivity contribution in [2.75, 3.05) is 31.0 Å². The lowest BCUT2D eigenvalue weighted by Crippen LogP contribution is -2.33. The molecule has 1 saturated heterocycles. The van der Waals surface area contributed by atoms with E-state index in [4.69, 9.17) is 14.5 Å². The first kappa shape index (κ1) is 25.0. The molecule has 3 aromatic rings. The maximum atomic E-state index is 13.8. The number of aromatic amines is 1. The Bertz CT molecular complexity index is 1370. The van der Waals surface area contributed by atoms with Gasteiger partial charge in [-0.25, -0.2) is 0 Å². The summed E-state index contributed by atoms with van der Waals surface area (Å²) in [4.78, 5) is 14.9. The van der Waals surface area contributed by atoms with Gasteiger partial charge in [0.25, 0.3) is 0 Å². The van der Waals surface area contributed by atoms with E-state index in [1.54, 1.807) is 7.11 Å². The lowest BCUT2D eigenvalue weighted by Gasteiger charge is -2.33. The zero-order valence-electron chi connectivity index (χ0n) is 21.7. The number of anilines is 3. The normalized spacial score (nSPS) is 20.1. The Balaban J connectivity index is 1.22. The van der Waals surface area contributed by atoms with E-state index < -0.39 is 7.14 Å². The van der Waals surface area contributed by atoms with Crippen LogP contribution >= 0.6 is 7.14 Å². The van der Waals surface area contributed by atoms with Crippen molar-refractivity contribution in [3.05, 3.63) is 54.5 Å². The van der Waals surface area contributed by atoms with Gasteiger partial charge in [0.1, 0.15) is 17.2 Å². The number of nitrogens with zero attached hydrogens (tertiary/aromatic N) is 3. The van der Waals surface area contributed by atoms with Gasteiger partial charge < -0.3 is 34.6 Å². The SMILES string of the molecule is COc1cc(P2(=O)C=CN(C3CCOCC3)C=C2)ccc1Nc1nc(NC2CCCCC2)c2cc[nH]c2n1. The van der Waals surface area contributed by atoms with E-state index in [0.717, 1.165) is 61.1 Å². The van der Waals surface area contributed by atoms with Crippen LogP contribution in [0, 0.1) is 0 Å². The Morgan fingerprint density at radius 1 is 1.05 bits per heavy atom. The molecule has 200 valence electrons. The highest BCUT2D eigenvalue weighted by atomic mass is 31.2. The smallest absolute Gasteiger partial charge is 0.231 e. The third-order valence-corrected chi connectivity index (χ3v) is 9.97. The Morgan fingerprint density at radius 3 is 2.61 bits per heavy atom. The molecule has 2 fully saturated rings. The predicted molar refractivity (Wildman–Crippen MR) is 152 cm³/mol. The second-order valence-corrected chi connectivity index (χ2v) is 12.8. The minimum atomic E-state index is -2.84. The maximum Gasteiger partial charge on any atom is 0.231 e. The first-order chi connectivity index (χ1) is 18.6. The summed E-state index contributed by atoms with van der Waals surface area (Å²) in [5.41, 5.74) is 1.48. The zero-order valence-corrected chi connectivity index (χ0v) is 22.6. The molecule has 0 amide bonds. The molecule has 0 atom stereocenters. The molecular weight excluding hydrogens is 499 g/mol.